The molecular weight excluding hydrogens is 687 g/mol. The topological polar surface area (TPSA) is 56.5 Å². The minimum atomic E-state index is 0.654. The first-order chi connectivity index (χ1) is 26.2. The third-order valence-corrected chi connectivity index (χ3v) is 12.2. The van der Waals surface area contributed by atoms with E-state index in [1.165, 1.54) is 35.6 Å². The Kier molecular flexibility index (Phi) is 6.83. The Hall–Kier alpha value is -6.54. The van der Waals surface area contributed by atoms with E-state index in [0.717, 1.165) is 49.5 Å². The fourth-order valence-electron chi connectivity index (χ4n) is 7.38. The van der Waals surface area contributed by atoms with Gasteiger partial charge in [0.05, 0.1) is 11.0 Å². The Morgan fingerprint density at radius 1 is 0.396 bits per heavy atom. The van der Waals surface area contributed by atoms with E-state index in [9.17, 15) is 0 Å². The maximum atomic E-state index is 5.20. The van der Waals surface area contributed by atoms with Gasteiger partial charge in [0.25, 0.3) is 0 Å². The van der Waals surface area contributed by atoms with Gasteiger partial charge >= 0.3 is 0 Å². The Labute approximate surface area is 312 Å². The molecule has 4 heterocycles. The summed E-state index contributed by atoms with van der Waals surface area (Å²) in [5.41, 5.74) is 7.11. The van der Waals surface area contributed by atoms with Crippen LogP contribution in [0.3, 0.4) is 0 Å². The van der Waals surface area contributed by atoms with Crippen molar-refractivity contribution in [2.24, 2.45) is 0 Å². The summed E-state index contributed by atoms with van der Waals surface area (Å²) < 4.78 is 7.13. The van der Waals surface area contributed by atoms with Gasteiger partial charge in [0, 0.05) is 68.3 Å². The van der Waals surface area contributed by atoms with Crippen LogP contribution in [0, 0.1) is 0 Å². The van der Waals surface area contributed by atoms with Crippen LogP contribution in [0.15, 0.2) is 164 Å². The lowest BCUT2D eigenvalue weighted by molar-refractivity contribution is 1.08. The Morgan fingerprint density at radius 2 is 1.02 bits per heavy atom. The monoisotopic (exact) mass is 713 g/mol. The molecule has 0 saturated carbocycles. The van der Waals surface area contributed by atoms with Crippen LogP contribution in [0.4, 0.5) is 0 Å². The molecule has 0 saturated heterocycles. The first-order valence-electron chi connectivity index (χ1n) is 17.5. The van der Waals surface area contributed by atoms with Crippen LogP contribution in [0.2, 0.25) is 0 Å². The highest BCUT2D eigenvalue weighted by Gasteiger charge is 2.19. The molecule has 0 aliphatic carbocycles. The minimum Gasteiger partial charge on any atom is -0.292 e. The number of hydrogen-bond acceptors (Lipinski definition) is 6. The lowest BCUT2D eigenvalue weighted by Gasteiger charge is -2.10. The smallest absolute Gasteiger partial charge is 0.165 e. The van der Waals surface area contributed by atoms with Crippen LogP contribution in [-0.2, 0) is 0 Å². The summed E-state index contributed by atoms with van der Waals surface area (Å²) in [6.07, 6.45) is 0. The van der Waals surface area contributed by atoms with Crippen molar-refractivity contribution >= 4 is 74.1 Å². The Bertz CT molecular complexity index is 3180. The third kappa shape index (κ3) is 4.97. The fraction of sp³-hybridized carbons (Fsp3) is 0. The average Bonchev–Trinajstić information content (AvgIpc) is 3.92. The number of para-hydroxylation sites is 3. The summed E-state index contributed by atoms with van der Waals surface area (Å²) in [7, 11) is 0. The van der Waals surface area contributed by atoms with Crippen LogP contribution in [-0.4, -0.2) is 24.5 Å². The number of benzene rings is 7. The number of rotatable bonds is 5. The number of imidazole rings is 1. The molecule has 11 rings (SSSR count). The number of nitrogens with zero attached hydrogens (tertiary/aromatic N) is 5. The van der Waals surface area contributed by atoms with E-state index < -0.39 is 0 Å². The van der Waals surface area contributed by atoms with Gasteiger partial charge in [-0.25, -0.2) is 19.9 Å². The molecule has 5 nitrogen and oxygen atoms in total. The molecule has 7 aromatic carbocycles. The van der Waals surface area contributed by atoms with Crippen LogP contribution in [0.5, 0.6) is 0 Å². The van der Waals surface area contributed by atoms with Gasteiger partial charge in [-0.2, -0.15) is 0 Å². The normalized spacial score (nSPS) is 11.8. The van der Waals surface area contributed by atoms with Crippen molar-refractivity contribution in [2.75, 3.05) is 0 Å². The predicted octanol–water partition coefficient (Wildman–Crippen LogP) is 12.6. The van der Waals surface area contributed by atoms with Gasteiger partial charge in [-0.05, 0) is 72.8 Å². The van der Waals surface area contributed by atoms with Crippen molar-refractivity contribution in [3.05, 3.63) is 164 Å². The van der Waals surface area contributed by atoms with E-state index in [4.69, 9.17) is 19.9 Å². The predicted molar refractivity (Wildman–Crippen MR) is 222 cm³/mol. The molecule has 53 heavy (non-hydrogen) atoms. The van der Waals surface area contributed by atoms with Crippen LogP contribution in [0.25, 0.3) is 103 Å². The standard InChI is InChI=1S/C46H27N5S2/c1-3-12-28(13-4-1)43-48-44(29-22-24-40-35(26-29)32-16-7-10-21-39(32)52-40)50-45(49-43)34-18-11-17-33-36-27-30(23-25-41(36)53-42(33)34)46-47-37-19-8-9-20-38(37)51(46)31-14-5-2-6-15-31/h1-27H. The van der Waals surface area contributed by atoms with E-state index >= 15 is 0 Å². The largest absolute Gasteiger partial charge is 0.292 e. The lowest BCUT2D eigenvalue weighted by Crippen LogP contribution is -2.00. The molecule has 0 fully saturated rings. The zero-order valence-electron chi connectivity index (χ0n) is 28.1. The summed E-state index contributed by atoms with van der Waals surface area (Å²) >= 11 is 3.59. The SMILES string of the molecule is c1ccc(-c2nc(-c3ccc4sc5ccccc5c4c3)nc(-c3cccc4c3sc3ccc(-c5nc6ccccc6n5-c5ccccc5)cc34)n2)cc1. The van der Waals surface area contributed by atoms with Crippen LogP contribution < -0.4 is 0 Å². The van der Waals surface area contributed by atoms with E-state index in [1.807, 2.05) is 41.7 Å². The molecule has 4 aromatic heterocycles. The van der Waals surface area contributed by atoms with E-state index in [-0.39, 0.29) is 0 Å². The molecule has 11 aromatic rings. The zero-order chi connectivity index (χ0) is 34.9. The van der Waals surface area contributed by atoms with Gasteiger partial charge in [-0.15, -0.1) is 22.7 Å². The second kappa shape index (κ2) is 12.0. The quantitative estimate of drug-likeness (QED) is 0.178. The molecule has 0 N–H and O–H groups in total. The van der Waals surface area contributed by atoms with Gasteiger partial charge in [-0.1, -0.05) is 91.0 Å². The molecule has 0 radical (unpaired) electrons. The van der Waals surface area contributed by atoms with Crippen molar-refractivity contribution in [2.45, 2.75) is 0 Å². The fourth-order valence-corrected chi connectivity index (χ4v) is 9.66. The number of thiophene rings is 2. The maximum absolute atomic E-state index is 5.20. The molecule has 0 atom stereocenters. The molecule has 0 bridgehead atoms. The van der Waals surface area contributed by atoms with Crippen LogP contribution in [0.1, 0.15) is 0 Å². The molecule has 248 valence electrons. The van der Waals surface area contributed by atoms with Gasteiger partial charge in [0.1, 0.15) is 5.82 Å². The first kappa shape index (κ1) is 30.1. The van der Waals surface area contributed by atoms with Crippen molar-refractivity contribution in [3.63, 3.8) is 0 Å². The summed E-state index contributed by atoms with van der Waals surface area (Å²) in [6, 6.07) is 57.3. The summed E-state index contributed by atoms with van der Waals surface area (Å²) in [4.78, 5) is 20.5. The first-order valence-corrected chi connectivity index (χ1v) is 19.1. The molecule has 0 aliphatic heterocycles. The third-order valence-electron chi connectivity index (χ3n) is 9.87. The highest BCUT2D eigenvalue weighted by Crippen LogP contribution is 2.42. The van der Waals surface area contributed by atoms with Gasteiger partial charge in [-0.3, -0.25) is 4.57 Å². The molecule has 0 spiro atoms. The van der Waals surface area contributed by atoms with E-state index in [0.29, 0.717) is 17.5 Å². The van der Waals surface area contributed by atoms with Crippen molar-refractivity contribution in [3.8, 4) is 51.2 Å². The molecule has 0 aliphatic rings. The van der Waals surface area contributed by atoms with E-state index in [2.05, 4.69) is 138 Å². The summed E-state index contributed by atoms with van der Waals surface area (Å²) in [6.45, 7) is 0. The molecule has 0 unspecified atom stereocenters. The summed E-state index contributed by atoms with van der Waals surface area (Å²) in [5, 5.41) is 4.82. The Morgan fingerprint density at radius 3 is 1.89 bits per heavy atom. The average molecular weight is 714 g/mol. The maximum Gasteiger partial charge on any atom is 0.165 e. The second-order valence-electron chi connectivity index (χ2n) is 13.1. The van der Waals surface area contributed by atoms with Gasteiger partial charge < -0.3 is 0 Å². The van der Waals surface area contributed by atoms with E-state index in [1.54, 1.807) is 11.3 Å². The van der Waals surface area contributed by atoms with Gasteiger partial charge in [0.15, 0.2) is 17.5 Å². The number of hydrogen-bond donors (Lipinski definition) is 0. The summed E-state index contributed by atoms with van der Waals surface area (Å²) in [5.74, 6) is 2.89. The highest BCUT2D eigenvalue weighted by molar-refractivity contribution is 7.26. The zero-order valence-corrected chi connectivity index (χ0v) is 29.8. The molecule has 0 amide bonds. The lowest BCUT2D eigenvalue weighted by atomic mass is 10.1. The van der Waals surface area contributed by atoms with Crippen molar-refractivity contribution in [1.29, 1.82) is 0 Å². The number of fused-ring (bicyclic) bond motifs is 7. The van der Waals surface area contributed by atoms with Crippen molar-refractivity contribution < 1.29 is 0 Å². The van der Waals surface area contributed by atoms with Crippen LogP contribution >= 0.6 is 22.7 Å². The Balaban J connectivity index is 1.09. The van der Waals surface area contributed by atoms with Gasteiger partial charge in [0.2, 0.25) is 0 Å². The molecule has 7 heteroatoms. The molecular formula is C46H27N5S2. The highest BCUT2D eigenvalue weighted by atomic mass is 32.1. The van der Waals surface area contributed by atoms with Crippen molar-refractivity contribution in [1.82, 2.24) is 24.5 Å². The minimum absolute atomic E-state index is 0.654. The number of aromatic nitrogens is 5. The second-order valence-corrected chi connectivity index (χ2v) is 15.2.